The molecule has 1 N–H and O–H groups in total. The molecule has 0 amide bonds. The third-order valence-corrected chi connectivity index (χ3v) is 5.62. The number of nitrogens with one attached hydrogen (secondary N) is 1. The van der Waals surface area contributed by atoms with E-state index in [-0.39, 0.29) is 0 Å². The second-order valence-corrected chi connectivity index (χ2v) is 7.46. The quantitative estimate of drug-likeness (QED) is 0.814. The summed E-state index contributed by atoms with van der Waals surface area (Å²) < 4.78 is 1.28. The Morgan fingerprint density at radius 2 is 2.10 bits per heavy atom. The van der Waals surface area contributed by atoms with E-state index in [1.165, 1.54) is 60.7 Å². The summed E-state index contributed by atoms with van der Waals surface area (Å²) in [6.07, 6.45) is 8.12. The van der Waals surface area contributed by atoms with Gasteiger partial charge in [-0.1, -0.05) is 41.4 Å². The normalized spacial score (nSPS) is 23.4. The molecule has 3 rings (SSSR count). The highest BCUT2D eigenvalue weighted by molar-refractivity contribution is 9.10. The average Bonchev–Trinajstić information content (AvgIpc) is 3.32. The SMILES string of the molecule is CCC1CCCCN1Cc1ccc(CNC2CC2)cc1Br. The molecule has 2 aliphatic rings. The Labute approximate surface area is 137 Å². The molecule has 1 aliphatic carbocycles. The number of hydrogen-bond acceptors (Lipinski definition) is 2. The van der Waals surface area contributed by atoms with Crippen molar-refractivity contribution < 1.29 is 0 Å². The molecule has 1 atom stereocenters. The van der Waals surface area contributed by atoms with Gasteiger partial charge in [0.15, 0.2) is 0 Å². The van der Waals surface area contributed by atoms with Gasteiger partial charge in [-0.05, 0) is 55.8 Å². The van der Waals surface area contributed by atoms with E-state index >= 15 is 0 Å². The Morgan fingerprint density at radius 3 is 2.81 bits per heavy atom. The predicted octanol–water partition coefficient (Wildman–Crippen LogP) is 4.47. The lowest BCUT2D eigenvalue weighted by Gasteiger charge is -2.35. The summed E-state index contributed by atoms with van der Waals surface area (Å²) >= 11 is 3.78. The van der Waals surface area contributed by atoms with E-state index < -0.39 is 0 Å². The molecule has 1 unspecified atom stereocenters. The van der Waals surface area contributed by atoms with Crippen molar-refractivity contribution in [2.24, 2.45) is 0 Å². The van der Waals surface area contributed by atoms with Crippen molar-refractivity contribution in [3.05, 3.63) is 33.8 Å². The smallest absolute Gasteiger partial charge is 0.0247 e. The first-order chi connectivity index (χ1) is 10.3. The Morgan fingerprint density at radius 1 is 1.24 bits per heavy atom. The molecule has 1 saturated carbocycles. The number of likely N-dealkylation sites (tertiary alicyclic amines) is 1. The van der Waals surface area contributed by atoms with E-state index in [0.717, 1.165) is 25.2 Å². The van der Waals surface area contributed by atoms with Crippen molar-refractivity contribution in [1.82, 2.24) is 10.2 Å². The van der Waals surface area contributed by atoms with Crippen molar-refractivity contribution in [2.45, 2.75) is 70.6 Å². The summed E-state index contributed by atoms with van der Waals surface area (Å²) in [5.74, 6) is 0. The van der Waals surface area contributed by atoms with Gasteiger partial charge in [0.2, 0.25) is 0 Å². The molecule has 1 saturated heterocycles. The molecule has 3 heteroatoms. The van der Waals surface area contributed by atoms with Crippen LogP contribution < -0.4 is 5.32 Å². The Bertz CT molecular complexity index is 470. The van der Waals surface area contributed by atoms with Gasteiger partial charge >= 0.3 is 0 Å². The minimum atomic E-state index is 0.779. The molecule has 1 heterocycles. The molecule has 21 heavy (non-hydrogen) atoms. The zero-order valence-corrected chi connectivity index (χ0v) is 14.7. The van der Waals surface area contributed by atoms with Gasteiger partial charge in [0.05, 0.1) is 0 Å². The van der Waals surface area contributed by atoms with Gasteiger partial charge in [-0.15, -0.1) is 0 Å². The molecule has 0 radical (unpaired) electrons. The highest BCUT2D eigenvalue weighted by Crippen LogP contribution is 2.26. The van der Waals surface area contributed by atoms with Crippen molar-refractivity contribution >= 4 is 15.9 Å². The predicted molar refractivity (Wildman–Crippen MR) is 92.3 cm³/mol. The largest absolute Gasteiger partial charge is 0.310 e. The number of halogens is 1. The van der Waals surface area contributed by atoms with Gasteiger partial charge in [-0.25, -0.2) is 0 Å². The van der Waals surface area contributed by atoms with Gasteiger partial charge in [-0.2, -0.15) is 0 Å². The second kappa shape index (κ2) is 7.26. The Kier molecular flexibility index (Phi) is 5.36. The third-order valence-electron chi connectivity index (χ3n) is 4.88. The molecule has 0 bridgehead atoms. The summed E-state index contributed by atoms with van der Waals surface area (Å²) in [7, 11) is 0. The van der Waals surface area contributed by atoms with Crippen LogP contribution in [0.3, 0.4) is 0 Å². The Balaban J connectivity index is 1.61. The van der Waals surface area contributed by atoms with E-state index in [1.807, 2.05) is 0 Å². The van der Waals surface area contributed by atoms with Crippen LogP contribution in [0.5, 0.6) is 0 Å². The van der Waals surface area contributed by atoms with E-state index in [2.05, 4.69) is 51.3 Å². The van der Waals surface area contributed by atoms with Crippen LogP contribution in [-0.4, -0.2) is 23.5 Å². The van der Waals surface area contributed by atoms with E-state index in [9.17, 15) is 0 Å². The molecule has 1 aromatic rings. The Hall–Kier alpha value is -0.380. The summed E-state index contributed by atoms with van der Waals surface area (Å²) in [4.78, 5) is 2.67. The van der Waals surface area contributed by atoms with Gasteiger partial charge in [0.25, 0.3) is 0 Å². The van der Waals surface area contributed by atoms with Gasteiger partial charge < -0.3 is 5.32 Å². The number of hydrogen-bond donors (Lipinski definition) is 1. The molecule has 1 aromatic carbocycles. The van der Waals surface area contributed by atoms with Crippen molar-refractivity contribution in [3.63, 3.8) is 0 Å². The maximum atomic E-state index is 3.78. The molecule has 116 valence electrons. The maximum absolute atomic E-state index is 3.78. The fraction of sp³-hybridized carbons (Fsp3) is 0.667. The first-order valence-corrected chi connectivity index (χ1v) is 9.30. The number of rotatable bonds is 6. The lowest BCUT2D eigenvalue weighted by molar-refractivity contribution is 0.136. The molecule has 0 aromatic heterocycles. The average molecular weight is 351 g/mol. The lowest BCUT2D eigenvalue weighted by atomic mass is 9.99. The minimum absolute atomic E-state index is 0.779. The molecule has 2 nitrogen and oxygen atoms in total. The molecule has 0 spiro atoms. The number of nitrogens with zero attached hydrogens (tertiary/aromatic N) is 1. The van der Waals surface area contributed by atoms with Crippen LogP contribution in [0.25, 0.3) is 0 Å². The highest BCUT2D eigenvalue weighted by atomic mass is 79.9. The fourth-order valence-electron chi connectivity index (χ4n) is 3.33. The van der Waals surface area contributed by atoms with Crippen LogP contribution in [0.4, 0.5) is 0 Å². The van der Waals surface area contributed by atoms with E-state index in [4.69, 9.17) is 0 Å². The monoisotopic (exact) mass is 350 g/mol. The van der Waals surface area contributed by atoms with Crippen LogP contribution in [0.2, 0.25) is 0 Å². The third kappa shape index (κ3) is 4.30. The molecular weight excluding hydrogens is 324 g/mol. The highest BCUT2D eigenvalue weighted by Gasteiger charge is 2.22. The van der Waals surface area contributed by atoms with Crippen molar-refractivity contribution in [1.29, 1.82) is 0 Å². The summed E-state index contributed by atoms with van der Waals surface area (Å²) in [5, 5.41) is 3.59. The van der Waals surface area contributed by atoms with Crippen LogP contribution in [0.1, 0.15) is 56.6 Å². The molecular formula is C18H27BrN2. The van der Waals surface area contributed by atoms with Gasteiger partial charge in [0.1, 0.15) is 0 Å². The standard InChI is InChI=1S/C18H27BrN2/c1-2-17-5-3-4-10-21(17)13-15-7-6-14(11-18(15)19)12-20-16-8-9-16/h6-7,11,16-17,20H,2-5,8-10,12-13H2,1H3. The van der Waals surface area contributed by atoms with Crippen LogP contribution in [-0.2, 0) is 13.1 Å². The lowest BCUT2D eigenvalue weighted by Crippen LogP contribution is -2.38. The summed E-state index contributed by atoms with van der Waals surface area (Å²) in [5.41, 5.74) is 2.83. The maximum Gasteiger partial charge on any atom is 0.0247 e. The van der Waals surface area contributed by atoms with Crippen molar-refractivity contribution in [2.75, 3.05) is 6.54 Å². The van der Waals surface area contributed by atoms with Gasteiger partial charge in [-0.3, -0.25) is 4.90 Å². The topological polar surface area (TPSA) is 15.3 Å². The number of piperidine rings is 1. The second-order valence-electron chi connectivity index (χ2n) is 6.61. The van der Waals surface area contributed by atoms with Crippen molar-refractivity contribution in [3.8, 4) is 0 Å². The zero-order chi connectivity index (χ0) is 14.7. The van der Waals surface area contributed by atoms with E-state index in [0.29, 0.717) is 0 Å². The summed E-state index contributed by atoms with van der Waals surface area (Å²) in [6, 6.07) is 8.47. The zero-order valence-electron chi connectivity index (χ0n) is 13.1. The molecule has 2 fully saturated rings. The minimum Gasteiger partial charge on any atom is -0.310 e. The first kappa shape index (κ1) is 15.5. The van der Waals surface area contributed by atoms with Crippen LogP contribution >= 0.6 is 15.9 Å². The van der Waals surface area contributed by atoms with Gasteiger partial charge in [0, 0.05) is 29.6 Å². The van der Waals surface area contributed by atoms with Crippen LogP contribution in [0.15, 0.2) is 22.7 Å². The fourth-order valence-corrected chi connectivity index (χ4v) is 3.88. The van der Waals surface area contributed by atoms with Crippen LogP contribution in [0, 0.1) is 0 Å². The first-order valence-electron chi connectivity index (χ1n) is 8.51. The molecule has 1 aliphatic heterocycles. The summed E-state index contributed by atoms with van der Waals surface area (Å²) in [6.45, 7) is 5.68. The van der Waals surface area contributed by atoms with E-state index in [1.54, 1.807) is 0 Å². The number of benzene rings is 1.